The molecule has 0 N–H and O–H groups in total. The Bertz CT molecular complexity index is 592. The van der Waals surface area contributed by atoms with Gasteiger partial charge < -0.3 is 13.9 Å². The van der Waals surface area contributed by atoms with Crippen molar-refractivity contribution < 1.29 is 31.9 Å². The zero-order chi connectivity index (χ0) is 20.2. The summed E-state index contributed by atoms with van der Waals surface area (Å²) in [5.74, 6) is -0.304. The topological polar surface area (TPSA) is 44.8 Å². The van der Waals surface area contributed by atoms with Gasteiger partial charge in [0.15, 0.2) is 14.4 Å². The van der Waals surface area contributed by atoms with E-state index in [4.69, 9.17) is 13.9 Å². The lowest BCUT2D eigenvalue weighted by Gasteiger charge is -2.39. The molecule has 0 heterocycles. The molecule has 0 saturated heterocycles. The summed E-state index contributed by atoms with van der Waals surface area (Å²) in [6.45, 7) is 8.86. The van der Waals surface area contributed by atoms with Crippen molar-refractivity contribution in [2.75, 3.05) is 7.11 Å². The Morgan fingerprint density at radius 3 is 2.08 bits per heavy atom. The van der Waals surface area contributed by atoms with Gasteiger partial charge in [-0.15, -0.1) is 0 Å². The van der Waals surface area contributed by atoms with Gasteiger partial charge in [-0.2, -0.15) is 13.2 Å². The molecule has 26 heavy (non-hydrogen) atoms. The van der Waals surface area contributed by atoms with E-state index in [9.17, 15) is 18.0 Å². The molecule has 4 nitrogen and oxygen atoms in total. The Morgan fingerprint density at radius 1 is 1.12 bits per heavy atom. The molecule has 0 spiro atoms. The summed E-state index contributed by atoms with van der Waals surface area (Å²) in [7, 11) is -1.16. The van der Waals surface area contributed by atoms with Crippen molar-refractivity contribution in [2.45, 2.75) is 64.2 Å². The molecule has 0 radical (unpaired) electrons. The first kappa shape index (κ1) is 22.5. The van der Waals surface area contributed by atoms with Gasteiger partial charge in [0.25, 0.3) is 0 Å². The van der Waals surface area contributed by atoms with E-state index in [1.54, 1.807) is 37.4 Å². The van der Waals surface area contributed by atoms with Crippen LogP contribution in [0.2, 0.25) is 18.1 Å². The number of hydrogen-bond donors (Lipinski definition) is 0. The van der Waals surface area contributed by atoms with E-state index in [2.05, 4.69) is 0 Å². The van der Waals surface area contributed by atoms with Crippen LogP contribution in [0.4, 0.5) is 13.2 Å². The van der Waals surface area contributed by atoms with Crippen molar-refractivity contribution >= 4 is 14.3 Å². The average molecular weight is 392 g/mol. The fraction of sp³-hybridized carbons (Fsp3) is 0.611. The SMILES string of the molecule is COc1ccc(COC(=O)CC(O[Si](C)(C)C(C)(C)C)C(F)(F)F)cc1. The summed E-state index contributed by atoms with van der Waals surface area (Å²) >= 11 is 0. The molecule has 0 amide bonds. The fourth-order valence-electron chi connectivity index (χ4n) is 1.85. The third kappa shape index (κ3) is 6.64. The number of methoxy groups -OCH3 is 1. The van der Waals surface area contributed by atoms with Gasteiger partial charge in [0.2, 0.25) is 0 Å². The molecule has 0 fully saturated rings. The second kappa shape index (κ2) is 8.43. The number of benzene rings is 1. The van der Waals surface area contributed by atoms with Crippen molar-refractivity contribution in [3.8, 4) is 5.75 Å². The van der Waals surface area contributed by atoms with Crippen molar-refractivity contribution in [2.24, 2.45) is 0 Å². The molecule has 1 unspecified atom stereocenters. The number of halogens is 3. The fourth-order valence-corrected chi connectivity index (χ4v) is 3.13. The van der Waals surface area contributed by atoms with Crippen LogP contribution >= 0.6 is 0 Å². The molecule has 1 aromatic rings. The average Bonchev–Trinajstić information content (AvgIpc) is 2.50. The van der Waals surface area contributed by atoms with Gasteiger partial charge in [0, 0.05) is 0 Å². The van der Waals surface area contributed by atoms with Crippen molar-refractivity contribution in [3.05, 3.63) is 29.8 Å². The summed E-state index contributed by atoms with van der Waals surface area (Å²) in [5, 5.41) is -0.399. The van der Waals surface area contributed by atoms with Gasteiger partial charge in [-0.3, -0.25) is 4.79 Å². The first-order chi connectivity index (χ1) is 11.8. The summed E-state index contributed by atoms with van der Waals surface area (Å²) in [6, 6.07) is 6.73. The van der Waals surface area contributed by atoms with E-state index in [1.165, 1.54) is 7.11 Å². The number of carbonyl (C=O) groups excluding carboxylic acids is 1. The van der Waals surface area contributed by atoms with Crippen LogP contribution in [0.25, 0.3) is 0 Å². The highest BCUT2D eigenvalue weighted by atomic mass is 28.4. The van der Waals surface area contributed by atoms with E-state index in [1.807, 2.05) is 20.8 Å². The molecule has 0 aliphatic heterocycles. The van der Waals surface area contributed by atoms with Crippen molar-refractivity contribution in [1.82, 2.24) is 0 Å². The first-order valence-corrected chi connectivity index (χ1v) is 11.2. The van der Waals surface area contributed by atoms with Gasteiger partial charge >= 0.3 is 12.1 Å². The number of ether oxygens (including phenoxy) is 2. The molecule has 0 saturated carbocycles. The first-order valence-electron chi connectivity index (χ1n) is 8.29. The zero-order valence-electron chi connectivity index (χ0n) is 16.1. The monoisotopic (exact) mass is 392 g/mol. The van der Waals surface area contributed by atoms with E-state index in [0.717, 1.165) is 0 Å². The van der Waals surface area contributed by atoms with Gasteiger partial charge in [0.05, 0.1) is 13.5 Å². The number of esters is 1. The largest absolute Gasteiger partial charge is 0.497 e. The Kier molecular flexibility index (Phi) is 7.30. The smallest absolute Gasteiger partial charge is 0.413 e. The molecule has 8 heteroatoms. The van der Waals surface area contributed by atoms with Gasteiger partial charge in [0.1, 0.15) is 12.4 Å². The van der Waals surface area contributed by atoms with Crippen LogP contribution in [0.1, 0.15) is 32.8 Å². The maximum Gasteiger partial charge on any atom is 0.413 e. The van der Waals surface area contributed by atoms with Crippen LogP contribution in [0.15, 0.2) is 24.3 Å². The molecule has 1 rings (SSSR count). The normalized spacial score (nSPS) is 14.0. The van der Waals surface area contributed by atoms with Crippen LogP contribution < -0.4 is 4.74 Å². The standard InChI is InChI=1S/C18H27F3O4Si/c1-17(2,3)26(5,6)25-15(18(19,20)21)11-16(22)24-12-13-7-9-14(23-4)10-8-13/h7-10,15H,11-12H2,1-6H3. The van der Waals surface area contributed by atoms with Crippen LogP contribution in [0, 0.1) is 0 Å². The number of carbonyl (C=O) groups is 1. The molecule has 1 aromatic carbocycles. The number of hydrogen-bond acceptors (Lipinski definition) is 4. The maximum absolute atomic E-state index is 13.3. The molecular formula is C18H27F3O4Si. The van der Waals surface area contributed by atoms with E-state index >= 15 is 0 Å². The Labute approximate surface area is 153 Å². The van der Waals surface area contributed by atoms with Gasteiger partial charge in [-0.25, -0.2) is 0 Å². The minimum absolute atomic E-state index is 0.104. The predicted molar refractivity (Wildman–Crippen MR) is 95.5 cm³/mol. The highest BCUT2D eigenvalue weighted by molar-refractivity contribution is 6.74. The van der Waals surface area contributed by atoms with E-state index in [-0.39, 0.29) is 6.61 Å². The van der Waals surface area contributed by atoms with Crippen LogP contribution in [-0.2, 0) is 20.6 Å². The molecule has 1 atom stereocenters. The highest BCUT2D eigenvalue weighted by Crippen LogP contribution is 2.40. The van der Waals surface area contributed by atoms with E-state index < -0.39 is 38.0 Å². The maximum atomic E-state index is 13.3. The second-order valence-electron chi connectivity index (χ2n) is 7.62. The number of alkyl halides is 3. The van der Waals surface area contributed by atoms with Crippen LogP contribution in [-0.4, -0.2) is 33.7 Å². The lowest BCUT2D eigenvalue weighted by Crippen LogP contribution is -2.48. The van der Waals surface area contributed by atoms with E-state index in [0.29, 0.717) is 11.3 Å². The number of rotatable bonds is 7. The summed E-state index contributed by atoms with van der Waals surface area (Å²) in [6.07, 6.45) is -7.65. The summed E-state index contributed by atoms with van der Waals surface area (Å²) < 4.78 is 55.4. The molecule has 0 aliphatic carbocycles. The lowest BCUT2D eigenvalue weighted by atomic mass is 10.2. The molecule has 148 valence electrons. The lowest BCUT2D eigenvalue weighted by molar-refractivity contribution is -0.205. The quantitative estimate of drug-likeness (QED) is 0.479. The minimum atomic E-state index is -4.63. The van der Waals surface area contributed by atoms with Crippen molar-refractivity contribution in [1.29, 1.82) is 0 Å². The van der Waals surface area contributed by atoms with Crippen LogP contribution in [0.3, 0.4) is 0 Å². The predicted octanol–water partition coefficient (Wildman–Crippen LogP) is 5.08. The molecular weight excluding hydrogens is 365 g/mol. The second-order valence-corrected chi connectivity index (χ2v) is 12.4. The summed E-state index contributed by atoms with van der Waals surface area (Å²) in [4.78, 5) is 11.9. The van der Waals surface area contributed by atoms with Gasteiger partial charge in [-0.1, -0.05) is 32.9 Å². The third-order valence-corrected chi connectivity index (χ3v) is 9.01. The highest BCUT2D eigenvalue weighted by Gasteiger charge is 2.48. The summed E-state index contributed by atoms with van der Waals surface area (Å²) in [5.41, 5.74) is 0.660. The minimum Gasteiger partial charge on any atom is -0.497 e. The molecule has 0 bridgehead atoms. The Hall–Kier alpha value is -1.54. The van der Waals surface area contributed by atoms with Crippen LogP contribution in [0.5, 0.6) is 5.75 Å². The zero-order valence-corrected chi connectivity index (χ0v) is 17.1. The molecule has 0 aliphatic rings. The van der Waals surface area contributed by atoms with Gasteiger partial charge in [-0.05, 0) is 35.8 Å². The van der Waals surface area contributed by atoms with Crippen molar-refractivity contribution in [3.63, 3.8) is 0 Å². The Morgan fingerprint density at radius 2 is 1.65 bits per heavy atom. The Balaban J connectivity index is 2.71. The third-order valence-electron chi connectivity index (χ3n) is 4.52. The molecule has 0 aromatic heterocycles.